The van der Waals surface area contributed by atoms with Gasteiger partial charge in [-0.2, -0.15) is 0 Å². The number of aryl methyl sites for hydroxylation is 1. The van der Waals surface area contributed by atoms with Crippen LogP contribution in [0.1, 0.15) is 111 Å². The van der Waals surface area contributed by atoms with Crippen molar-refractivity contribution in [3.63, 3.8) is 0 Å². The molecule has 2 N–H and O–H groups in total. The molecule has 0 radical (unpaired) electrons. The highest BCUT2D eigenvalue weighted by atomic mass is 16.5. The molecule has 0 fully saturated rings. The molecule has 9 nitrogen and oxygen atoms in total. The summed E-state index contributed by atoms with van der Waals surface area (Å²) < 4.78 is 11.5. The molecule has 0 atom stereocenters. The van der Waals surface area contributed by atoms with Crippen molar-refractivity contribution in [1.29, 1.82) is 0 Å². The van der Waals surface area contributed by atoms with Crippen molar-refractivity contribution in [3.8, 4) is 0 Å². The van der Waals surface area contributed by atoms with E-state index in [9.17, 15) is 9.59 Å². The van der Waals surface area contributed by atoms with Gasteiger partial charge in [0.05, 0.1) is 17.2 Å². The van der Waals surface area contributed by atoms with E-state index in [4.69, 9.17) is 29.0 Å². The van der Waals surface area contributed by atoms with Crippen LogP contribution in [0.3, 0.4) is 0 Å². The quantitative estimate of drug-likeness (QED) is 0.0939. The Bertz CT molecular complexity index is 1430. The number of nitrogens with zero attached hydrogens (tertiary/aromatic N) is 1. The van der Waals surface area contributed by atoms with E-state index in [1.165, 1.54) is 25.7 Å². The molecule has 3 rings (SSSR count). The Labute approximate surface area is 265 Å². The molecule has 0 unspecified atom stereocenters. The van der Waals surface area contributed by atoms with E-state index in [0.717, 1.165) is 38.0 Å². The Morgan fingerprint density at radius 2 is 1.51 bits per heavy atom. The zero-order valence-corrected chi connectivity index (χ0v) is 27.1. The van der Waals surface area contributed by atoms with E-state index >= 15 is 0 Å². The van der Waals surface area contributed by atoms with Gasteiger partial charge in [0.15, 0.2) is 5.78 Å². The van der Waals surface area contributed by atoms with Gasteiger partial charge in [0, 0.05) is 23.9 Å². The molecule has 0 bridgehead atoms. The van der Waals surface area contributed by atoms with Crippen molar-refractivity contribution >= 4 is 40.7 Å². The van der Waals surface area contributed by atoms with E-state index in [2.05, 4.69) is 37.8 Å². The predicted octanol–water partition coefficient (Wildman–Crippen LogP) is 7.64. The fourth-order valence-corrected chi connectivity index (χ4v) is 4.64. The molecule has 0 saturated carbocycles. The average molecular weight is 622 g/mol. The molecular weight excluding hydrogens is 574 g/mol. The molecule has 0 aliphatic carbocycles. The SMILES string of the molecule is CCCCc1oc2ccc(C(=O)OC(C)C)cc2c1C(=O)c1cccc(/C=C\CN(CCCC)CCCC)c1.O=C(O)C(=O)O. The fraction of sp³-hybridized carbons (Fsp3) is 0.444. The minimum absolute atomic E-state index is 0.0861. The lowest BCUT2D eigenvalue weighted by Crippen LogP contribution is -2.26. The lowest BCUT2D eigenvalue weighted by molar-refractivity contribution is -0.159. The number of carbonyl (C=O) groups is 4. The highest BCUT2D eigenvalue weighted by Gasteiger charge is 2.23. The number of benzene rings is 2. The Morgan fingerprint density at radius 3 is 2.09 bits per heavy atom. The van der Waals surface area contributed by atoms with Gasteiger partial charge in [-0.25, -0.2) is 14.4 Å². The number of ether oxygens (including phenoxy) is 1. The number of esters is 1. The van der Waals surface area contributed by atoms with Gasteiger partial charge in [-0.3, -0.25) is 9.69 Å². The first kappa shape index (κ1) is 36.9. The van der Waals surface area contributed by atoms with E-state index < -0.39 is 17.9 Å². The normalized spacial score (nSPS) is 11.2. The molecule has 0 saturated heterocycles. The summed E-state index contributed by atoms with van der Waals surface area (Å²) in [5.74, 6) is -3.46. The van der Waals surface area contributed by atoms with Crippen LogP contribution in [0.25, 0.3) is 17.0 Å². The molecule has 1 heterocycles. The molecular formula is C36H47NO8. The topological polar surface area (TPSA) is 134 Å². The minimum Gasteiger partial charge on any atom is -0.473 e. The summed E-state index contributed by atoms with van der Waals surface area (Å²) in [5.41, 5.74) is 3.18. The van der Waals surface area contributed by atoms with Crippen LogP contribution in [0.5, 0.6) is 0 Å². The Kier molecular flexibility index (Phi) is 15.8. The summed E-state index contributed by atoms with van der Waals surface area (Å²) in [6, 6.07) is 13.0. The van der Waals surface area contributed by atoms with Crippen molar-refractivity contribution in [2.75, 3.05) is 19.6 Å². The number of carboxylic acid groups (broad SMARTS) is 2. The smallest absolute Gasteiger partial charge is 0.414 e. The maximum atomic E-state index is 13.9. The number of carbonyl (C=O) groups excluding carboxylic acids is 2. The summed E-state index contributed by atoms with van der Waals surface area (Å²) in [6.45, 7) is 13.3. The second-order valence-electron chi connectivity index (χ2n) is 11.1. The van der Waals surface area contributed by atoms with Gasteiger partial charge in [-0.15, -0.1) is 0 Å². The molecule has 9 heteroatoms. The second-order valence-corrected chi connectivity index (χ2v) is 11.1. The summed E-state index contributed by atoms with van der Waals surface area (Å²) in [7, 11) is 0. The van der Waals surface area contributed by atoms with Gasteiger partial charge in [-0.05, 0) is 76.0 Å². The molecule has 3 aromatic rings. The number of unbranched alkanes of at least 4 members (excludes halogenated alkanes) is 3. The predicted molar refractivity (Wildman–Crippen MR) is 176 cm³/mol. The van der Waals surface area contributed by atoms with Crippen molar-refractivity contribution in [2.24, 2.45) is 0 Å². The van der Waals surface area contributed by atoms with Crippen LogP contribution < -0.4 is 0 Å². The van der Waals surface area contributed by atoms with Crippen molar-refractivity contribution in [2.45, 2.75) is 85.7 Å². The molecule has 1 aromatic heterocycles. The number of hydrogen-bond acceptors (Lipinski definition) is 7. The summed E-state index contributed by atoms with van der Waals surface area (Å²) in [6.07, 6.45) is 11.5. The summed E-state index contributed by atoms with van der Waals surface area (Å²) in [4.78, 5) is 47.2. The Balaban J connectivity index is 0.00000107. The largest absolute Gasteiger partial charge is 0.473 e. The molecule has 0 amide bonds. The lowest BCUT2D eigenvalue weighted by atomic mass is 9.96. The van der Waals surface area contributed by atoms with Gasteiger partial charge >= 0.3 is 17.9 Å². The maximum Gasteiger partial charge on any atom is 0.414 e. The van der Waals surface area contributed by atoms with Crippen LogP contribution in [0.2, 0.25) is 0 Å². The van der Waals surface area contributed by atoms with Crippen molar-refractivity contribution in [1.82, 2.24) is 4.90 Å². The summed E-state index contributed by atoms with van der Waals surface area (Å²) in [5, 5.41) is 15.4. The van der Waals surface area contributed by atoms with Crippen LogP contribution in [0, 0.1) is 0 Å². The van der Waals surface area contributed by atoms with Crippen LogP contribution in [0.4, 0.5) is 0 Å². The van der Waals surface area contributed by atoms with Gasteiger partial charge < -0.3 is 19.4 Å². The lowest BCUT2D eigenvalue weighted by Gasteiger charge is -2.19. The third-order valence-electron chi connectivity index (χ3n) is 6.99. The zero-order valence-electron chi connectivity index (χ0n) is 27.1. The number of rotatable bonds is 16. The molecule has 2 aromatic carbocycles. The number of aliphatic carboxylic acids is 2. The number of carboxylic acids is 2. The van der Waals surface area contributed by atoms with Gasteiger partial charge in [-0.1, -0.05) is 70.4 Å². The van der Waals surface area contributed by atoms with Crippen LogP contribution in [-0.4, -0.2) is 64.5 Å². The monoisotopic (exact) mass is 621 g/mol. The fourth-order valence-electron chi connectivity index (χ4n) is 4.64. The summed E-state index contributed by atoms with van der Waals surface area (Å²) >= 11 is 0. The second kappa shape index (κ2) is 19.2. The van der Waals surface area contributed by atoms with E-state index in [0.29, 0.717) is 39.8 Å². The highest BCUT2D eigenvalue weighted by molar-refractivity contribution is 6.27. The first-order valence-corrected chi connectivity index (χ1v) is 15.8. The standard InChI is InChI=1S/C34H45NO4.C2H2O4/c1-6-9-17-31-32(29-24-28(18-19-30(29)39-31)34(37)38-25(4)5)33(36)27-16-12-14-26(23-27)15-13-22-35(20-10-7-2)21-11-8-3;3-1(4)2(5)6/h12-16,18-19,23-25H,6-11,17,20-22H2,1-5H3;(H,3,4)(H,5,6)/b15-13-;. The molecule has 244 valence electrons. The molecule has 0 spiro atoms. The number of hydrogen-bond donors (Lipinski definition) is 2. The van der Waals surface area contributed by atoms with E-state index in [-0.39, 0.29) is 11.9 Å². The Hall–Kier alpha value is -4.24. The van der Waals surface area contributed by atoms with E-state index in [1.54, 1.807) is 18.2 Å². The van der Waals surface area contributed by atoms with Gasteiger partial charge in [0.1, 0.15) is 11.3 Å². The van der Waals surface area contributed by atoms with E-state index in [1.807, 2.05) is 38.1 Å². The first-order chi connectivity index (χ1) is 21.5. The maximum absolute atomic E-state index is 13.9. The first-order valence-electron chi connectivity index (χ1n) is 15.8. The van der Waals surface area contributed by atoms with Crippen molar-refractivity contribution in [3.05, 3.63) is 76.6 Å². The van der Waals surface area contributed by atoms with Crippen LogP contribution in [-0.2, 0) is 20.7 Å². The third-order valence-corrected chi connectivity index (χ3v) is 6.99. The minimum atomic E-state index is -1.82. The van der Waals surface area contributed by atoms with Gasteiger partial charge in [0.25, 0.3) is 0 Å². The molecule has 0 aliphatic heterocycles. The van der Waals surface area contributed by atoms with Crippen molar-refractivity contribution < 1.29 is 38.5 Å². The third kappa shape index (κ3) is 12.0. The number of furan rings is 1. The number of fused-ring (bicyclic) bond motifs is 1. The molecule has 45 heavy (non-hydrogen) atoms. The van der Waals surface area contributed by atoms with Crippen LogP contribution >= 0.6 is 0 Å². The Morgan fingerprint density at radius 1 is 0.867 bits per heavy atom. The van der Waals surface area contributed by atoms with Crippen LogP contribution in [0.15, 0.2) is 53.0 Å². The average Bonchev–Trinajstić information content (AvgIpc) is 3.38. The molecule has 0 aliphatic rings. The van der Waals surface area contributed by atoms with Gasteiger partial charge in [0.2, 0.25) is 0 Å². The highest BCUT2D eigenvalue weighted by Crippen LogP contribution is 2.31. The zero-order chi connectivity index (χ0) is 33.4. The number of ketones is 1.